The molecular formula is C15H20FNO2. The van der Waals surface area contributed by atoms with Gasteiger partial charge in [-0.15, -0.1) is 0 Å². The van der Waals surface area contributed by atoms with E-state index in [4.69, 9.17) is 0 Å². The number of aliphatic carboxylic acids is 1. The Morgan fingerprint density at radius 3 is 2.74 bits per heavy atom. The lowest BCUT2D eigenvalue weighted by Gasteiger charge is -2.49. The third kappa shape index (κ3) is 2.31. The molecule has 1 N–H and O–H groups in total. The van der Waals surface area contributed by atoms with Gasteiger partial charge in [-0.3, -0.25) is 0 Å². The second kappa shape index (κ2) is 4.51. The van der Waals surface area contributed by atoms with Crippen LogP contribution in [0.4, 0.5) is 10.1 Å². The molecule has 0 fully saturated rings. The van der Waals surface area contributed by atoms with Gasteiger partial charge in [-0.1, -0.05) is 13.0 Å². The summed E-state index contributed by atoms with van der Waals surface area (Å²) in [4.78, 5) is 13.2. The van der Waals surface area contributed by atoms with E-state index in [0.29, 0.717) is 11.6 Å². The average Bonchev–Trinajstić information content (AvgIpc) is 2.26. The minimum absolute atomic E-state index is 0.294. The maximum absolute atomic E-state index is 13.5. The Morgan fingerprint density at radius 2 is 2.16 bits per heavy atom. The highest BCUT2D eigenvalue weighted by Crippen LogP contribution is 2.44. The average molecular weight is 265 g/mol. The van der Waals surface area contributed by atoms with Gasteiger partial charge < -0.3 is 10.0 Å². The minimum atomic E-state index is -0.891. The van der Waals surface area contributed by atoms with E-state index in [9.17, 15) is 14.3 Å². The molecule has 1 aromatic rings. The second-order valence-corrected chi connectivity index (χ2v) is 6.00. The molecule has 0 radical (unpaired) electrons. The van der Waals surface area contributed by atoms with Crippen LogP contribution < -0.4 is 4.90 Å². The number of anilines is 1. The molecule has 4 heteroatoms. The molecule has 19 heavy (non-hydrogen) atoms. The Hall–Kier alpha value is -1.58. The van der Waals surface area contributed by atoms with Gasteiger partial charge in [-0.25, -0.2) is 9.18 Å². The van der Waals surface area contributed by atoms with Crippen molar-refractivity contribution < 1.29 is 14.3 Å². The molecule has 1 aliphatic heterocycles. The van der Waals surface area contributed by atoms with Crippen LogP contribution in [-0.2, 0) is 4.79 Å². The topological polar surface area (TPSA) is 40.5 Å². The molecule has 0 amide bonds. The van der Waals surface area contributed by atoms with Crippen LogP contribution in [-0.4, -0.2) is 22.7 Å². The third-order valence-corrected chi connectivity index (χ3v) is 3.99. The van der Waals surface area contributed by atoms with E-state index in [0.717, 1.165) is 12.0 Å². The molecule has 0 saturated heterocycles. The molecule has 1 aliphatic rings. The van der Waals surface area contributed by atoms with E-state index >= 15 is 0 Å². The number of carboxylic acids is 1. The van der Waals surface area contributed by atoms with E-state index in [1.807, 2.05) is 18.7 Å². The van der Waals surface area contributed by atoms with Crippen molar-refractivity contribution in [3.63, 3.8) is 0 Å². The number of benzene rings is 1. The molecule has 0 bridgehead atoms. The van der Waals surface area contributed by atoms with Crippen LogP contribution in [0.1, 0.15) is 45.6 Å². The van der Waals surface area contributed by atoms with Gasteiger partial charge in [0, 0.05) is 11.2 Å². The van der Waals surface area contributed by atoms with Gasteiger partial charge >= 0.3 is 5.97 Å². The number of carboxylic acid groups (broad SMARTS) is 1. The molecule has 2 atom stereocenters. The first-order valence-corrected chi connectivity index (χ1v) is 6.55. The van der Waals surface area contributed by atoms with Crippen LogP contribution in [0.2, 0.25) is 0 Å². The summed E-state index contributed by atoms with van der Waals surface area (Å²) in [6, 6.07) is 3.98. The Balaban J connectivity index is 2.60. The summed E-state index contributed by atoms with van der Waals surface area (Å²) in [5.41, 5.74) is 1.42. The number of halogens is 1. The Labute approximate surface area is 113 Å². The monoisotopic (exact) mass is 265 g/mol. The number of rotatable bonds is 2. The van der Waals surface area contributed by atoms with Crippen molar-refractivity contribution in [1.29, 1.82) is 0 Å². The van der Waals surface area contributed by atoms with Gasteiger partial charge in [0.1, 0.15) is 11.9 Å². The Bertz CT molecular complexity index is 513. The normalized spacial score (nSPS) is 22.8. The maximum atomic E-state index is 13.5. The van der Waals surface area contributed by atoms with E-state index in [2.05, 4.69) is 6.92 Å². The highest BCUT2D eigenvalue weighted by molar-refractivity contribution is 5.79. The molecule has 104 valence electrons. The number of nitrogens with zero attached hydrogens (tertiary/aromatic N) is 1. The SMILES string of the molecule is CC1CC(C)(C)N(C(C)C(=O)O)c2cc(F)ccc21. The van der Waals surface area contributed by atoms with Crippen molar-refractivity contribution in [2.75, 3.05) is 4.90 Å². The van der Waals surface area contributed by atoms with Crippen molar-refractivity contribution in [2.45, 2.75) is 51.6 Å². The van der Waals surface area contributed by atoms with Crippen LogP contribution >= 0.6 is 0 Å². The first-order chi connectivity index (χ1) is 8.74. The predicted molar refractivity (Wildman–Crippen MR) is 73.1 cm³/mol. The van der Waals surface area contributed by atoms with Crippen LogP contribution in [0.15, 0.2) is 18.2 Å². The summed E-state index contributed by atoms with van der Waals surface area (Å²) >= 11 is 0. The highest BCUT2D eigenvalue weighted by Gasteiger charge is 2.40. The van der Waals surface area contributed by atoms with Crippen LogP contribution in [0.3, 0.4) is 0 Å². The fraction of sp³-hybridized carbons (Fsp3) is 0.533. The minimum Gasteiger partial charge on any atom is -0.480 e. The third-order valence-electron chi connectivity index (χ3n) is 3.99. The smallest absolute Gasteiger partial charge is 0.326 e. The summed E-state index contributed by atoms with van der Waals surface area (Å²) in [5.74, 6) is -0.924. The van der Waals surface area contributed by atoms with Gasteiger partial charge in [0.2, 0.25) is 0 Å². The molecule has 3 nitrogen and oxygen atoms in total. The predicted octanol–water partition coefficient (Wildman–Crippen LogP) is 3.39. The fourth-order valence-electron chi connectivity index (χ4n) is 3.27. The molecule has 0 spiro atoms. The molecule has 0 aliphatic carbocycles. The number of fused-ring (bicyclic) bond motifs is 1. The van der Waals surface area contributed by atoms with Crippen LogP contribution in [0.25, 0.3) is 0 Å². The Kier molecular flexibility index (Phi) is 3.29. The van der Waals surface area contributed by atoms with Gasteiger partial charge in [0.15, 0.2) is 0 Å². The van der Waals surface area contributed by atoms with E-state index in [-0.39, 0.29) is 11.4 Å². The molecular weight excluding hydrogens is 245 g/mol. The van der Waals surface area contributed by atoms with E-state index in [1.54, 1.807) is 13.0 Å². The van der Waals surface area contributed by atoms with Crippen molar-refractivity contribution in [1.82, 2.24) is 0 Å². The molecule has 0 saturated carbocycles. The second-order valence-electron chi connectivity index (χ2n) is 6.00. The zero-order valence-corrected chi connectivity index (χ0v) is 11.8. The number of carbonyl (C=O) groups is 1. The molecule has 0 aromatic heterocycles. The number of hydrogen-bond donors (Lipinski definition) is 1. The zero-order chi connectivity index (χ0) is 14.4. The van der Waals surface area contributed by atoms with Crippen molar-refractivity contribution >= 4 is 11.7 Å². The Morgan fingerprint density at radius 1 is 1.53 bits per heavy atom. The highest BCUT2D eigenvalue weighted by atomic mass is 19.1. The van der Waals surface area contributed by atoms with Crippen LogP contribution in [0.5, 0.6) is 0 Å². The summed E-state index contributed by atoms with van der Waals surface area (Å²) in [6.45, 7) is 7.77. The summed E-state index contributed by atoms with van der Waals surface area (Å²) in [5, 5.41) is 9.29. The van der Waals surface area contributed by atoms with Crippen molar-refractivity contribution in [3.8, 4) is 0 Å². The summed E-state index contributed by atoms with van der Waals surface area (Å²) in [7, 11) is 0. The van der Waals surface area contributed by atoms with Gasteiger partial charge in [0.25, 0.3) is 0 Å². The van der Waals surface area contributed by atoms with Crippen molar-refractivity contribution in [2.24, 2.45) is 0 Å². The summed E-state index contributed by atoms with van der Waals surface area (Å²) < 4.78 is 13.5. The van der Waals surface area contributed by atoms with Gasteiger partial charge in [0.05, 0.1) is 0 Å². The lowest BCUT2D eigenvalue weighted by molar-refractivity contribution is -0.138. The fourth-order valence-corrected chi connectivity index (χ4v) is 3.27. The number of hydrogen-bond acceptors (Lipinski definition) is 2. The van der Waals surface area contributed by atoms with E-state index in [1.165, 1.54) is 12.1 Å². The molecule has 1 aromatic carbocycles. The first-order valence-electron chi connectivity index (χ1n) is 6.55. The van der Waals surface area contributed by atoms with E-state index < -0.39 is 12.0 Å². The van der Waals surface area contributed by atoms with Gasteiger partial charge in [-0.2, -0.15) is 0 Å². The maximum Gasteiger partial charge on any atom is 0.326 e. The molecule has 2 rings (SSSR count). The lowest BCUT2D eigenvalue weighted by Crippen LogP contribution is -2.55. The largest absolute Gasteiger partial charge is 0.480 e. The lowest BCUT2D eigenvalue weighted by atomic mass is 9.79. The first kappa shape index (κ1) is 13.8. The summed E-state index contributed by atoms with van der Waals surface area (Å²) in [6.07, 6.45) is 0.850. The van der Waals surface area contributed by atoms with Crippen LogP contribution in [0, 0.1) is 5.82 Å². The molecule has 1 heterocycles. The molecule has 2 unspecified atom stereocenters. The van der Waals surface area contributed by atoms with Crippen molar-refractivity contribution in [3.05, 3.63) is 29.6 Å². The van der Waals surface area contributed by atoms with Gasteiger partial charge in [-0.05, 0) is 50.8 Å². The standard InChI is InChI=1S/C15H20FNO2/c1-9-8-15(3,4)17(10(2)14(18)19)13-7-11(16)5-6-12(9)13/h5-7,9-10H,8H2,1-4H3,(H,18,19). The zero-order valence-electron chi connectivity index (χ0n) is 11.8. The quantitative estimate of drug-likeness (QED) is 0.891.